The van der Waals surface area contributed by atoms with Gasteiger partial charge in [0.25, 0.3) is 0 Å². The van der Waals surface area contributed by atoms with Crippen LogP contribution >= 0.6 is 0 Å². The summed E-state index contributed by atoms with van der Waals surface area (Å²) in [6.45, 7) is 0. The van der Waals surface area contributed by atoms with Gasteiger partial charge in [-0.25, -0.2) is 0 Å². The predicted molar refractivity (Wildman–Crippen MR) is 56.2 cm³/mol. The molecular weight excluding hydrogens is 198 g/mol. The van der Waals surface area contributed by atoms with E-state index in [1.54, 1.807) is 18.2 Å². The quantitative estimate of drug-likeness (QED) is 0.560. The Kier molecular flexibility index (Phi) is 1.38. The van der Waals surface area contributed by atoms with Crippen LogP contribution in [0, 0.1) is 34.0 Å². The summed E-state index contributed by atoms with van der Waals surface area (Å²) in [6.07, 6.45) is 0. The molecular formula is C13H3N3. The average molecular weight is 201 g/mol. The molecule has 0 saturated carbocycles. The zero-order valence-corrected chi connectivity index (χ0v) is 8.07. The van der Waals surface area contributed by atoms with Crippen LogP contribution in [0.4, 0.5) is 0 Å². The molecule has 3 rings (SSSR count). The molecule has 70 valence electrons. The average Bonchev–Trinajstić information content (AvgIpc) is 2.80. The summed E-state index contributed by atoms with van der Waals surface area (Å²) in [4.78, 5) is 0. The zero-order chi connectivity index (χ0) is 11.3. The summed E-state index contributed by atoms with van der Waals surface area (Å²) in [7, 11) is 0. The van der Waals surface area contributed by atoms with E-state index in [0.29, 0.717) is 16.7 Å². The number of hydrogen-bond donors (Lipinski definition) is 0. The third-order valence-electron chi connectivity index (χ3n) is 2.88. The standard InChI is InChI=1S/C13H3N3/c14-4-7-1-10-11(2-7)13-9(6-16)3-8(5-15)12(10)13/h1-3H. The highest BCUT2D eigenvalue weighted by molar-refractivity contribution is 6.09. The number of rotatable bonds is 0. The molecule has 0 unspecified atom stereocenters. The van der Waals surface area contributed by atoms with Gasteiger partial charge in [0.15, 0.2) is 0 Å². The first-order valence-electron chi connectivity index (χ1n) is 4.65. The molecule has 0 spiro atoms. The van der Waals surface area contributed by atoms with Gasteiger partial charge in [-0.05, 0) is 29.3 Å². The van der Waals surface area contributed by atoms with Crippen molar-refractivity contribution in [2.75, 3.05) is 0 Å². The Balaban J connectivity index is 2.41. The van der Waals surface area contributed by atoms with Crippen LogP contribution < -0.4 is 0 Å². The van der Waals surface area contributed by atoms with Crippen LogP contribution in [0.5, 0.6) is 0 Å². The number of nitrogens with zero attached hydrogens (tertiary/aromatic N) is 3. The van der Waals surface area contributed by atoms with Crippen LogP contribution in [0.1, 0.15) is 16.7 Å². The molecule has 0 aromatic rings. The molecule has 3 nitrogen and oxygen atoms in total. The van der Waals surface area contributed by atoms with Crippen LogP contribution in [0.2, 0.25) is 0 Å². The van der Waals surface area contributed by atoms with Crippen LogP contribution in [0.25, 0.3) is 22.3 Å². The number of fused-ring (bicyclic) bond motifs is 4. The first kappa shape index (κ1) is 8.48. The molecule has 0 heterocycles. The monoisotopic (exact) mass is 201 g/mol. The second-order valence-corrected chi connectivity index (χ2v) is 3.63. The summed E-state index contributed by atoms with van der Waals surface area (Å²) >= 11 is 0. The van der Waals surface area contributed by atoms with Crippen molar-refractivity contribution < 1.29 is 0 Å². The van der Waals surface area contributed by atoms with Crippen molar-refractivity contribution in [1.29, 1.82) is 15.8 Å². The maximum Gasteiger partial charge on any atom is 0.0998 e. The molecule has 16 heavy (non-hydrogen) atoms. The molecule has 0 radical (unpaired) electrons. The Bertz CT molecular complexity index is 681. The molecule has 0 saturated heterocycles. The van der Waals surface area contributed by atoms with Crippen molar-refractivity contribution in [3.05, 3.63) is 34.9 Å². The first-order valence-corrected chi connectivity index (χ1v) is 4.65. The SMILES string of the molecule is N#Cc1cc2c3c(C#N)cc(C#N)c-3c-2c1. The minimum absolute atomic E-state index is 0.522. The normalized spacial score (nSPS) is 10.3. The second-order valence-electron chi connectivity index (χ2n) is 3.63. The molecule has 0 aromatic carbocycles. The second kappa shape index (κ2) is 2.60. The molecule has 0 amide bonds. The van der Waals surface area contributed by atoms with Crippen molar-refractivity contribution in [2.45, 2.75) is 0 Å². The highest BCUT2D eigenvalue weighted by Crippen LogP contribution is 2.53. The van der Waals surface area contributed by atoms with Crippen molar-refractivity contribution in [3.8, 4) is 40.5 Å². The van der Waals surface area contributed by atoms with Crippen LogP contribution in [-0.2, 0) is 0 Å². The van der Waals surface area contributed by atoms with Gasteiger partial charge in [0.05, 0.1) is 34.9 Å². The minimum atomic E-state index is 0.522. The van der Waals surface area contributed by atoms with Crippen molar-refractivity contribution >= 4 is 0 Å². The maximum atomic E-state index is 8.95. The van der Waals surface area contributed by atoms with E-state index in [-0.39, 0.29) is 0 Å². The Morgan fingerprint density at radius 1 is 0.688 bits per heavy atom. The minimum Gasteiger partial charge on any atom is -0.192 e. The van der Waals surface area contributed by atoms with E-state index in [1.165, 1.54) is 0 Å². The van der Waals surface area contributed by atoms with E-state index in [2.05, 4.69) is 18.2 Å². The van der Waals surface area contributed by atoms with E-state index in [4.69, 9.17) is 15.8 Å². The van der Waals surface area contributed by atoms with E-state index < -0.39 is 0 Å². The lowest BCUT2D eigenvalue weighted by Gasteiger charge is -2.16. The smallest absolute Gasteiger partial charge is 0.0998 e. The third kappa shape index (κ3) is 0.753. The molecule has 0 bridgehead atoms. The van der Waals surface area contributed by atoms with Gasteiger partial charge in [-0.15, -0.1) is 0 Å². The third-order valence-corrected chi connectivity index (χ3v) is 2.88. The summed E-state index contributed by atoms with van der Waals surface area (Å²) < 4.78 is 0. The largest absolute Gasteiger partial charge is 0.192 e. The summed E-state index contributed by atoms with van der Waals surface area (Å²) in [6, 6.07) is 11.3. The van der Waals surface area contributed by atoms with Gasteiger partial charge in [-0.1, -0.05) is 0 Å². The zero-order valence-electron chi connectivity index (χ0n) is 8.07. The Hall–Kier alpha value is -2.83. The van der Waals surface area contributed by atoms with Crippen LogP contribution in [-0.4, -0.2) is 0 Å². The molecule has 0 atom stereocenters. The molecule has 0 aliphatic heterocycles. The van der Waals surface area contributed by atoms with E-state index in [0.717, 1.165) is 22.3 Å². The summed E-state index contributed by atoms with van der Waals surface area (Å²) in [5, 5.41) is 26.7. The molecule has 0 N–H and O–H groups in total. The fourth-order valence-electron chi connectivity index (χ4n) is 2.22. The van der Waals surface area contributed by atoms with Gasteiger partial charge in [-0.3, -0.25) is 0 Å². The lowest BCUT2D eigenvalue weighted by molar-refractivity contribution is 1.50. The highest BCUT2D eigenvalue weighted by Gasteiger charge is 2.32. The van der Waals surface area contributed by atoms with Gasteiger partial charge in [-0.2, -0.15) is 15.8 Å². The van der Waals surface area contributed by atoms with Gasteiger partial charge in [0.1, 0.15) is 0 Å². The molecule has 0 fully saturated rings. The fraction of sp³-hybridized carbons (Fsp3) is 0. The van der Waals surface area contributed by atoms with Crippen molar-refractivity contribution in [1.82, 2.24) is 0 Å². The molecule has 3 aliphatic rings. The van der Waals surface area contributed by atoms with Crippen LogP contribution in [0.15, 0.2) is 18.2 Å². The summed E-state index contributed by atoms with van der Waals surface area (Å²) in [5.41, 5.74) is 5.12. The molecule has 0 aromatic heterocycles. The van der Waals surface area contributed by atoms with E-state index in [9.17, 15) is 0 Å². The Morgan fingerprint density at radius 3 is 1.56 bits per heavy atom. The lowest BCUT2D eigenvalue weighted by atomic mass is 9.84. The lowest BCUT2D eigenvalue weighted by Crippen LogP contribution is -1.93. The highest BCUT2D eigenvalue weighted by atomic mass is 14.4. The van der Waals surface area contributed by atoms with Crippen molar-refractivity contribution in [3.63, 3.8) is 0 Å². The van der Waals surface area contributed by atoms with Gasteiger partial charge in [0, 0.05) is 11.1 Å². The molecule has 3 aliphatic carbocycles. The van der Waals surface area contributed by atoms with Gasteiger partial charge in [0.2, 0.25) is 0 Å². The van der Waals surface area contributed by atoms with E-state index in [1.807, 2.05) is 0 Å². The van der Waals surface area contributed by atoms with Crippen molar-refractivity contribution in [2.24, 2.45) is 0 Å². The van der Waals surface area contributed by atoms with Gasteiger partial charge >= 0.3 is 0 Å². The topological polar surface area (TPSA) is 71.4 Å². The Labute approximate surface area is 91.7 Å². The number of hydrogen-bond acceptors (Lipinski definition) is 3. The van der Waals surface area contributed by atoms with Gasteiger partial charge < -0.3 is 0 Å². The first-order chi connectivity index (χ1) is 7.80. The Morgan fingerprint density at radius 2 is 1.19 bits per heavy atom. The fourth-order valence-corrected chi connectivity index (χ4v) is 2.22. The predicted octanol–water partition coefficient (Wildman–Crippen LogP) is 2.39. The van der Waals surface area contributed by atoms with Crippen LogP contribution in [0.3, 0.4) is 0 Å². The summed E-state index contributed by atoms with van der Waals surface area (Å²) in [5.74, 6) is 0. The maximum absolute atomic E-state index is 8.95. The molecule has 3 heteroatoms. The van der Waals surface area contributed by atoms with E-state index >= 15 is 0 Å². The number of nitriles is 3.